The van der Waals surface area contributed by atoms with Crippen molar-refractivity contribution in [3.8, 4) is 28.1 Å². The fourth-order valence-electron chi connectivity index (χ4n) is 10.4. The first-order chi connectivity index (χ1) is 24.4. The maximum atomic E-state index is 13.5. The number of fused-ring (bicyclic) bond motifs is 2. The molecule has 2 amide bonds. The molecule has 1 aliphatic heterocycles. The Hall–Kier alpha value is -4.85. The molecule has 4 aliphatic carbocycles. The summed E-state index contributed by atoms with van der Waals surface area (Å²) in [5, 5.41) is 18.6. The van der Waals surface area contributed by atoms with Crippen LogP contribution in [0.3, 0.4) is 0 Å². The Morgan fingerprint density at radius 3 is 2.69 bits per heavy atom. The summed E-state index contributed by atoms with van der Waals surface area (Å²) < 4.78 is 8.90. The van der Waals surface area contributed by atoms with E-state index in [0.717, 1.165) is 60.1 Å². The van der Waals surface area contributed by atoms with Gasteiger partial charge in [-0.1, -0.05) is 37.3 Å². The van der Waals surface area contributed by atoms with Crippen LogP contribution in [-0.4, -0.2) is 55.6 Å². The molecule has 3 aromatic heterocycles. The molecule has 51 heavy (non-hydrogen) atoms. The Balaban J connectivity index is 1.00. The van der Waals surface area contributed by atoms with Gasteiger partial charge in [-0.25, -0.2) is 25.5 Å². The van der Waals surface area contributed by atoms with E-state index in [4.69, 9.17) is 20.6 Å². The number of anilines is 2. The fraction of sp³-hybridized carbons (Fsp3) is 0.395. The molecule has 0 radical (unpaired) electrons. The van der Waals surface area contributed by atoms with Crippen molar-refractivity contribution in [1.29, 1.82) is 0 Å². The number of nitrogens with one attached hydrogen (secondary N) is 1. The number of carboxylic acid groups (broad SMARTS) is 1. The van der Waals surface area contributed by atoms with Gasteiger partial charge in [0.15, 0.2) is 10.8 Å². The van der Waals surface area contributed by atoms with E-state index in [9.17, 15) is 14.7 Å². The zero-order valence-electron chi connectivity index (χ0n) is 28.7. The number of ether oxygens (including phenoxy) is 1. The lowest BCUT2D eigenvalue weighted by Crippen LogP contribution is -2.45. The highest BCUT2D eigenvalue weighted by atomic mass is 32.1. The van der Waals surface area contributed by atoms with Crippen LogP contribution >= 0.6 is 11.3 Å². The number of pyridine rings is 1. The van der Waals surface area contributed by atoms with E-state index in [2.05, 4.69) is 29.1 Å². The van der Waals surface area contributed by atoms with Crippen molar-refractivity contribution >= 4 is 44.4 Å². The lowest BCUT2D eigenvalue weighted by molar-refractivity contribution is -0.112. The third-order valence-electron chi connectivity index (χ3n) is 12.0. The molecule has 2 aromatic carbocycles. The summed E-state index contributed by atoms with van der Waals surface area (Å²) in [4.78, 5) is 42.7. The van der Waals surface area contributed by atoms with Crippen LogP contribution in [0.2, 0.25) is 0 Å². The molecule has 4 saturated carbocycles. The molecule has 0 saturated heterocycles. The molecule has 4 fully saturated rings. The molecule has 10 rings (SSSR count). The van der Waals surface area contributed by atoms with Gasteiger partial charge in [0.1, 0.15) is 12.4 Å². The van der Waals surface area contributed by atoms with Crippen molar-refractivity contribution in [1.82, 2.24) is 19.7 Å². The van der Waals surface area contributed by atoms with Gasteiger partial charge in [-0.15, -0.1) is 0 Å². The van der Waals surface area contributed by atoms with Crippen molar-refractivity contribution in [2.45, 2.75) is 65.0 Å². The molecule has 0 spiro atoms. The summed E-state index contributed by atoms with van der Waals surface area (Å²) in [6.45, 7) is 8.13. The molecular weight excluding hydrogens is 667 g/mol. The number of nitrogens with zero attached hydrogens (tertiary/aromatic N) is 5. The first-order valence-electron chi connectivity index (χ1n) is 17.3. The summed E-state index contributed by atoms with van der Waals surface area (Å²) in [7, 11) is 0. The molecule has 13 heteroatoms. The van der Waals surface area contributed by atoms with Gasteiger partial charge in [0.05, 0.1) is 39.9 Å². The van der Waals surface area contributed by atoms with Crippen LogP contribution in [0.25, 0.3) is 32.6 Å². The summed E-state index contributed by atoms with van der Waals surface area (Å²) in [5.74, 6) is 5.34. The highest BCUT2D eigenvalue weighted by molar-refractivity contribution is 7.22. The number of carboxylic acids is 1. The van der Waals surface area contributed by atoms with Crippen LogP contribution < -0.4 is 20.9 Å². The number of urea groups is 1. The number of aromatic nitrogens is 4. The monoisotopic (exact) mass is 705 g/mol. The molecule has 4 bridgehead atoms. The minimum Gasteiger partial charge on any atom is -0.490 e. The number of hydrogen-bond donors (Lipinski definition) is 3. The molecule has 12 nitrogen and oxygen atoms in total. The lowest BCUT2D eigenvalue weighted by Gasteiger charge is -2.45. The second-order valence-electron chi connectivity index (χ2n) is 15.6. The van der Waals surface area contributed by atoms with E-state index in [-0.39, 0.29) is 33.6 Å². The maximum absolute atomic E-state index is 13.5. The number of benzene rings is 2. The second-order valence-corrected chi connectivity index (χ2v) is 16.7. The van der Waals surface area contributed by atoms with Gasteiger partial charge < -0.3 is 9.84 Å². The van der Waals surface area contributed by atoms with Crippen LogP contribution in [-0.2, 0) is 11.4 Å². The standard InChI is InChI=1S/C38H39N7O5S/c1-22-25(15-40-45(22)21-37-17-35(2)16-36(37,3)19-38(18-35,20-37)50-39)24-9-10-26(41-31(24)32(46)47)23-8-11-29-28(14-23)44(12-13-49-29)34(48)43-33-42-27-6-4-5-7-30(27)51-33/h4-11,14-15H,12-13,16-21,39H2,1-3H3,(H,46,47)(H,42,43,48). The predicted molar refractivity (Wildman–Crippen MR) is 194 cm³/mol. The van der Waals surface area contributed by atoms with Crippen LogP contribution in [0.15, 0.2) is 60.8 Å². The van der Waals surface area contributed by atoms with Gasteiger partial charge >= 0.3 is 12.0 Å². The second kappa shape index (κ2) is 11.1. The number of carbonyl (C=O) groups excluding carboxylic acids is 1. The Bertz CT molecular complexity index is 2240. The van der Waals surface area contributed by atoms with E-state index in [0.29, 0.717) is 46.5 Å². The minimum absolute atomic E-state index is 0.000489. The molecule has 5 aromatic rings. The van der Waals surface area contributed by atoms with Crippen LogP contribution in [0.4, 0.5) is 15.6 Å². The van der Waals surface area contributed by atoms with Gasteiger partial charge in [-0.05, 0) is 97.7 Å². The SMILES string of the molecule is Cc1c(-c2ccc(-c3ccc4c(c3)N(C(=O)Nc3nc5ccccc5s3)CCO4)nc2C(=O)O)cnn1CC12CC3(C)CC(ON)(CC1(C)C3)C2. The van der Waals surface area contributed by atoms with Gasteiger partial charge in [0, 0.05) is 28.9 Å². The molecule has 262 valence electrons. The van der Waals surface area contributed by atoms with E-state index in [1.54, 1.807) is 23.2 Å². The number of para-hydroxylation sites is 1. The Labute approximate surface area is 298 Å². The number of nitrogens with two attached hydrogens (primary N) is 1. The number of hydrogen-bond acceptors (Lipinski definition) is 9. The highest BCUT2D eigenvalue weighted by Crippen LogP contribution is 2.78. The average Bonchev–Trinajstić information content (AvgIpc) is 3.76. The lowest BCUT2D eigenvalue weighted by atomic mass is 9.66. The van der Waals surface area contributed by atoms with Crippen LogP contribution in [0, 0.1) is 23.2 Å². The molecule has 5 aliphatic rings. The summed E-state index contributed by atoms with van der Waals surface area (Å²) in [6, 6.07) is 16.4. The zero-order chi connectivity index (χ0) is 35.3. The van der Waals surface area contributed by atoms with Gasteiger partial charge in [0.2, 0.25) is 0 Å². The first-order valence-corrected chi connectivity index (χ1v) is 18.1. The first kappa shape index (κ1) is 32.1. The number of carbonyl (C=O) groups is 2. The topological polar surface area (TPSA) is 158 Å². The number of amides is 2. The molecule has 4 N–H and O–H groups in total. The minimum atomic E-state index is -1.13. The molecule has 4 atom stereocenters. The summed E-state index contributed by atoms with van der Waals surface area (Å²) in [6.07, 6.45) is 6.85. The van der Waals surface area contributed by atoms with Crippen molar-refractivity contribution in [2.24, 2.45) is 22.1 Å². The number of thiazole rings is 1. The Kier molecular flexibility index (Phi) is 6.97. The molecule has 4 unspecified atom stereocenters. The van der Waals surface area contributed by atoms with Crippen molar-refractivity contribution < 1.29 is 24.3 Å². The van der Waals surface area contributed by atoms with Crippen LogP contribution in [0.5, 0.6) is 5.75 Å². The molecular formula is C38H39N7O5S. The van der Waals surface area contributed by atoms with E-state index in [1.807, 2.05) is 54.1 Å². The van der Waals surface area contributed by atoms with E-state index < -0.39 is 5.97 Å². The summed E-state index contributed by atoms with van der Waals surface area (Å²) >= 11 is 1.41. The molecule has 4 heterocycles. The largest absolute Gasteiger partial charge is 0.490 e. The van der Waals surface area contributed by atoms with Gasteiger partial charge in [0.25, 0.3) is 0 Å². The maximum Gasteiger partial charge on any atom is 0.355 e. The van der Waals surface area contributed by atoms with Crippen molar-refractivity contribution in [2.75, 3.05) is 23.4 Å². The normalized spacial score (nSPS) is 27.5. The van der Waals surface area contributed by atoms with E-state index in [1.165, 1.54) is 11.3 Å². The summed E-state index contributed by atoms with van der Waals surface area (Å²) in [5.41, 5.74) is 4.56. The van der Waals surface area contributed by atoms with Gasteiger partial charge in [-0.3, -0.25) is 19.7 Å². The van der Waals surface area contributed by atoms with Crippen molar-refractivity contribution in [3.05, 3.63) is 72.2 Å². The quantitative estimate of drug-likeness (QED) is 0.148. The zero-order valence-corrected chi connectivity index (χ0v) is 29.5. The average molecular weight is 706 g/mol. The predicted octanol–water partition coefficient (Wildman–Crippen LogP) is 7.28. The van der Waals surface area contributed by atoms with Crippen molar-refractivity contribution in [3.63, 3.8) is 0 Å². The third kappa shape index (κ3) is 4.96. The highest BCUT2D eigenvalue weighted by Gasteiger charge is 2.74. The Morgan fingerprint density at radius 1 is 1.04 bits per heavy atom. The fourth-order valence-corrected chi connectivity index (χ4v) is 11.3. The third-order valence-corrected chi connectivity index (χ3v) is 13.0. The van der Waals surface area contributed by atoms with Crippen LogP contribution in [0.1, 0.15) is 62.1 Å². The smallest absolute Gasteiger partial charge is 0.355 e. The number of rotatable bonds is 7. The Morgan fingerprint density at radius 2 is 1.88 bits per heavy atom. The van der Waals surface area contributed by atoms with E-state index >= 15 is 0 Å². The van der Waals surface area contributed by atoms with Gasteiger partial charge in [-0.2, -0.15) is 5.10 Å². The number of aromatic carboxylic acids is 1.